The Hall–Kier alpha value is -2.75. The van der Waals surface area contributed by atoms with Crippen LogP contribution in [-0.2, 0) is 4.79 Å². The third kappa shape index (κ3) is 4.94. The number of piperazine rings is 1. The molecule has 7 heteroatoms. The van der Waals surface area contributed by atoms with Gasteiger partial charge in [-0.25, -0.2) is 0 Å². The van der Waals surface area contributed by atoms with Gasteiger partial charge in [-0.05, 0) is 42.0 Å². The fraction of sp³-hybridized carbons (Fsp3) is 0.333. The summed E-state index contributed by atoms with van der Waals surface area (Å²) in [5.41, 5.74) is 0.925. The molecule has 0 bridgehead atoms. The molecule has 6 nitrogen and oxygen atoms in total. The lowest BCUT2D eigenvalue weighted by atomic mass is 10.1. The molecule has 0 N–H and O–H groups in total. The molecule has 0 aromatic heterocycles. The summed E-state index contributed by atoms with van der Waals surface area (Å²) in [5, 5.41) is 10.3. The van der Waals surface area contributed by atoms with Crippen molar-refractivity contribution in [3.8, 4) is 17.6 Å². The van der Waals surface area contributed by atoms with Crippen molar-refractivity contribution in [1.29, 1.82) is 5.26 Å². The van der Waals surface area contributed by atoms with Gasteiger partial charge >= 0.3 is 0 Å². The number of carbonyl (C=O) groups excluding carboxylic acids is 1. The van der Waals surface area contributed by atoms with Crippen LogP contribution in [0.3, 0.4) is 0 Å². The molecule has 1 amide bonds. The fourth-order valence-electron chi connectivity index (χ4n) is 3.15. The number of amides is 1. The van der Waals surface area contributed by atoms with Gasteiger partial charge in [0.2, 0.25) is 0 Å². The molecule has 0 aliphatic carbocycles. The van der Waals surface area contributed by atoms with Crippen LogP contribution in [0.25, 0.3) is 0 Å². The Morgan fingerprint density at radius 2 is 1.68 bits per heavy atom. The van der Waals surface area contributed by atoms with Crippen LogP contribution in [0.2, 0.25) is 5.02 Å². The van der Waals surface area contributed by atoms with Crippen molar-refractivity contribution in [3.63, 3.8) is 0 Å². The Labute approximate surface area is 169 Å². The summed E-state index contributed by atoms with van der Waals surface area (Å²) < 4.78 is 10.7. The lowest BCUT2D eigenvalue weighted by Gasteiger charge is -2.37. The van der Waals surface area contributed by atoms with E-state index in [-0.39, 0.29) is 18.6 Å². The van der Waals surface area contributed by atoms with E-state index < -0.39 is 0 Å². The number of hydrogen-bond acceptors (Lipinski definition) is 5. The van der Waals surface area contributed by atoms with E-state index in [9.17, 15) is 10.1 Å². The van der Waals surface area contributed by atoms with Gasteiger partial charge in [-0.3, -0.25) is 9.69 Å². The quantitative estimate of drug-likeness (QED) is 0.746. The van der Waals surface area contributed by atoms with Crippen LogP contribution in [0.1, 0.15) is 11.6 Å². The van der Waals surface area contributed by atoms with E-state index in [0.717, 1.165) is 11.3 Å². The third-order valence-electron chi connectivity index (χ3n) is 4.76. The summed E-state index contributed by atoms with van der Waals surface area (Å²) in [6, 6.07) is 16.5. The lowest BCUT2D eigenvalue weighted by molar-refractivity contribution is -0.135. The fourth-order valence-corrected chi connectivity index (χ4v) is 3.28. The molecular formula is C21H22ClN3O3. The number of methoxy groups -OCH3 is 1. The van der Waals surface area contributed by atoms with Gasteiger partial charge < -0.3 is 14.4 Å². The molecule has 1 unspecified atom stereocenters. The molecule has 0 radical (unpaired) electrons. The van der Waals surface area contributed by atoms with Crippen LogP contribution in [0, 0.1) is 11.3 Å². The molecule has 1 saturated heterocycles. The molecule has 1 fully saturated rings. The van der Waals surface area contributed by atoms with Crippen molar-refractivity contribution < 1.29 is 14.3 Å². The van der Waals surface area contributed by atoms with E-state index in [4.69, 9.17) is 21.1 Å². The van der Waals surface area contributed by atoms with Crippen LogP contribution in [0.4, 0.5) is 0 Å². The highest BCUT2D eigenvalue weighted by molar-refractivity contribution is 6.30. The molecule has 2 aromatic rings. The molecule has 1 atom stereocenters. The normalized spacial score (nSPS) is 15.5. The number of hydrogen-bond donors (Lipinski definition) is 0. The summed E-state index contributed by atoms with van der Waals surface area (Å²) in [4.78, 5) is 16.3. The Balaban J connectivity index is 1.51. The summed E-state index contributed by atoms with van der Waals surface area (Å²) in [6.45, 7) is 2.39. The molecule has 0 saturated carbocycles. The molecule has 0 spiro atoms. The standard InChI is InChI=1S/C21H22ClN3O3/c1-27-18-6-2-16(3-7-18)20(14-23)24-10-12-25(13-11-24)21(26)15-28-19-8-4-17(22)5-9-19/h2-9,20H,10-13,15H2,1H3. The molecule has 1 aliphatic heterocycles. The SMILES string of the molecule is COc1ccc(C(C#N)N2CCN(C(=O)COc3ccc(Cl)cc3)CC2)cc1. The van der Waals surface area contributed by atoms with Crippen molar-refractivity contribution in [2.24, 2.45) is 0 Å². The smallest absolute Gasteiger partial charge is 0.260 e. The molecule has 28 heavy (non-hydrogen) atoms. The third-order valence-corrected chi connectivity index (χ3v) is 5.01. The number of ether oxygens (including phenoxy) is 2. The first kappa shape index (κ1) is 20.0. The Kier molecular flexibility index (Phi) is 6.75. The maximum atomic E-state index is 12.4. The highest BCUT2D eigenvalue weighted by atomic mass is 35.5. The Bertz CT molecular complexity index is 825. The van der Waals surface area contributed by atoms with Gasteiger partial charge in [-0.1, -0.05) is 23.7 Å². The van der Waals surface area contributed by atoms with Gasteiger partial charge in [0.05, 0.1) is 13.2 Å². The second-order valence-corrected chi connectivity index (χ2v) is 6.90. The summed E-state index contributed by atoms with van der Waals surface area (Å²) in [5.74, 6) is 1.31. The second kappa shape index (κ2) is 9.45. The van der Waals surface area contributed by atoms with Crippen LogP contribution in [0.15, 0.2) is 48.5 Å². The minimum Gasteiger partial charge on any atom is -0.497 e. The first-order valence-corrected chi connectivity index (χ1v) is 9.42. The molecule has 3 rings (SSSR count). The van der Waals surface area contributed by atoms with Crippen LogP contribution >= 0.6 is 11.6 Å². The van der Waals surface area contributed by atoms with Crippen molar-refractivity contribution in [2.75, 3.05) is 39.9 Å². The monoisotopic (exact) mass is 399 g/mol. The summed E-state index contributed by atoms with van der Waals surface area (Å²) >= 11 is 5.84. The maximum absolute atomic E-state index is 12.4. The zero-order valence-corrected chi connectivity index (χ0v) is 16.4. The average molecular weight is 400 g/mol. The summed E-state index contributed by atoms with van der Waals surface area (Å²) in [7, 11) is 1.61. The molecule has 1 heterocycles. The van der Waals surface area contributed by atoms with Gasteiger partial charge in [-0.15, -0.1) is 0 Å². The summed E-state index contributed by atoms with van der Waals surface area (Å²) in [6.07, 6.45) is 0. The number of halogens is 1. The number of nitriles is 1. The molecule has 1 aliphatic rings. The molecule has 2 aromatic carbocycles. The van der Waals surface area contributed by atoms with E-state index in [1.54, 1.807) is 36.3 Å². The van der Waals surface area contributed by atoms with Crippen LogP contribution < -0.4 is 9.47 Å². The van der Waals surface area contributed by atoms with E-state index in [1.807, 2.05) is 24.3 Å². The van der Waals surface area contributed by atoms with Crippen molar-refractivity contribution in [1.82, 2.24) is 9.80 Å². The zero-order valence-electron chi connectivity index (χ0n) is 15.7. The zero-order chi connectivity index (χ0) is 19.9. The van der Waals surface area contributed by atoms with Gasteiger partial charge in [0.1, 0.15) is 17.5 Å². The maximum Gasteiger partial charge on any atom is 0.260 e. The van der Waals surface area contributed by atoms with E-state index >= 15 is 0 Å². The van der Waals surface area contributed by atoms with E-state index in [1.165, 1.54) is 0 Å². The highest BCUT2D eigenvalue weighted by Gasteiger charge is 2.27. The van der Waals surface area contributed by atoms with Crippen molar-refractivity contribution in [2.45, 2.75) is 6.04 Å². The van der Waals surface area contributed by atoms with Crippen molar-refractivity contribution in [3.05, 3.63) is 59.1 Å². The van der Waals surface area contributed by atoms with Gasteiger partial charge in [0.25, 0.3) is 5.91 Å². The topological polar surface area (TPSA) is 65.8 Å². The first-order chi connectivity index (χ1) is 13.6. The number of nitrogens with zero attached hydrogens (tertiary/aromatic N) is 3. The minimum absolute atomic E-state index is 0.0121. The van der Waals surface area contributed by atoms with Crippen LogP contribution in [-0.4, -0.2) is 55.6 Å². The van der Waals surface area contributed by atoms with E-state index in [2.05, 4.69) is 11.0 Å². The molecular weight excluding hydrogens is 378 g/mol. The highest BCUT2D eigenvalue weighted by Crippen LogP contribution is 2.24. The predicted octanol–water partition coefficient (Wildman–Crippen LogP) is 3.14. The van der Waals surface area contributed by atoms with Gasteiger partial charge in [0.15, 0.2) is 6.61 Å². The minimum atomic E-state index is -0.339. The van der Waals surface area contributed by atoms with Gasteiger partial charge in [0, 0.05) is 31.2 Å². The average Bonchev–Trinajstić information content (AvgIpc) is 2.74. The largest absolute Gasteiger partial charge is 0.497 e. The molecule has 146 valence electrons. The number of rotatable bonds is 6. The number of benzene rings is 2. The Morgan fingerprint density at radius 1 is 1.07 bits per heavy atom. The van der Waals surface area contributed by atoms with Crippen molar-refractivity contribution >= 4 is 17.5 Å². The first-order valence-electron chi connectivity index (χ1n) is 9.04. The van der Waals surface area contributed by atoms with Crippen LogP contribution in [0.5, 0.6) is 11.5 Å². The van der Waals surface area contributed by atoms with E-state index in [0.29, 0.717) is 37.0 Å². The van der Waals surface area contributed by atoms with Gasteiger partial charge in [-0.2, -0.15) is 5.26 Å². The predicted molar refractivity (Wildman–Crippen MR) is 106 cm³/mol. The lowest BCUT2D eigenvalue weighted by Crippen LogP contribution is -2.50. The Morgan fingerprint density at radius 3 is 2.25 bits per heavy atom. The number of carbonyl (C=O) groups is 1. The second-order valence-electron chi connectivity index (χ2n) is 6.46.